The molecule has 0 saturated carbocycles. The summed E-state index contributed by atoms with van der Waals surface area (Å²) in [6, 6.07) is 21.8. The van der Waals surface area contributed by atoms with E-state index in [-0.39, 0.29) is 24.0 Å². The number of hydrogen-bond donors (Lipinski definition) is 0. The van der Waals surface area contributed by atoms with Crippen molar-refractivity contribution in [3.05, 3.63) is 111 Å². The van der Waals surface area contributed by atoms with Gasteiger partial charge in [0, 0.05) is 18.7 Å². The average molecular weight is 432 g/mol. The molecule has 3 aromatic rings. The predicted octanol–water partition coefficient (Wildman–Crippen LogP) is 4.50. The minimum atomic E-state index is -0.503. The number of carbonyl (C=O) groups is 1. The number of hydrogen-bond acceptors (Lipinski definition) is 5. The highest BCUT2D eigenvalue weighted by Gasteiger charge is 2.39. The zero-order valence-electron chi connectivity index (χ0n) is 17.4. The van der Waals surface area contributed by atoms with Crippen LogP contribution in [0.15, 0.2) is 84.0 Å². The molecular weight excluding hydrogens is 411 g/mol. The Morgan fingerprint density at radius 2 is 1.72 bits per heavy atom. The van der Waals surface area contributed by atoms with E-state index in [2.05, 4.69) is 5.10 Å². The first kappa shape index (κ1) is 21.3. The second-order valence-electron chi connectivity index (χ2n) is 7.54. The molecular formula is C24H21FN4O3. The van der Waals surface area contributed by atoms with Crippen molar-refractivity contribution in [1.82, 2.24) is 9.91 Å². The van der Waals surface area contributed by atoms with Gasteiger partial charge >= 0.3 is 0 Å². The van der Waals surface area contributed by atoms with Gasteiger partial charge in [0.25, 0.3) is 11.6 Å². The minimum Gasteiger partial charge on any atom is -0.271 e. The van der Waals surface area contributed by atoms with Crippen molar-refractivity contribution in [3.8, 4) is 0 Å². The van der Waals surface area contributed by atoms with Crippen LogP contribution in [0, 0.1) is 15.9 Å². The van der Waals surface area contributed by atoms with Gasteiger partial charge in [-0.05, 0) is 47.9 Å². The Balaban J connectivity index is 1.68. The molecule has 0 radical (unpaired) electrons. The monoisotopic (exact) mass is 432 g/mol. The minimum absolute atomic E-state index is 0.0166. The first-order valence-electron chi connectivity index (χ1n) is 10.1. The fourth-order valence-corrected chi connectivity index (χ4v) is 3.73. The lowest BCUT2D eigenvalue weighted by Gasteiger charge is -2.28. The zero-order valence-corrected chi connectivity index (χ0v) is 17.4. The summed E-state index contributed by atoms with van der Waals surface area (Å²) in [6.45, 7) is 2.43. The molecule has 1 aliphatic heterocycles. The Morgan fingerprint density at radius 3 is 2.34 bits per heavy atom. The highest BCUT2D eigenvalue weighted by Crippen LogP contribution is 2.33. The van der Waals surface area contributed by atoms with Crippen LogP contribution in [0.1, 0.15) is 29.8 Å². The van der Waals surface area contributed by atoms with Gasteiger partial charge in [-0.2, -0.15) is 5.10 Å². The van der Waals surface area contributed by atoms with Crippen LogP contribution in [-0.4, -0.2) is 33.0 Å². The maximum Gasteiger partial charge on any atom is 0.269 e. The Kier molecular flexibility index (Phi) is 6.04. The van der Waals surface area contributed by atoms with Crippen LogP contribution in [-0.2, 0) is 11.3 Å². The summed E-state index contributed by atoms with van der Waals surface area (Å²) in [5, 5.41) is 16.9. The van der Waals surface area contributed by atoms with Gasteiger partial charge in [-0.25, -0.2) is 9.40 Å². The van der Waals surface area contributed by atoms with E-state index in [4.69, 9.17) is 0 Å². The average Bonchev–Trinajstić information content (AvgIpc) is 3.09. The number of non-ortho nitro benzene ring substituents is 1. The van der Waals surface area contributed by atoms with E-state index in [1.54, 1.807) is 31.2 Å². The Hall–Kier alpha value is -3.91. The van der Waals surface area contributed by atoms with E-state index in [0.29, 0.717) is 17.8 Å². The van der Waals surface area contributed by atoms with Crippen molar-refractivity contribution in [2.24, 2.45) is 5.10 Å². The Labute approximate surface area is 184 Å². The van der Waals surface area contributed by atoms with Crippen molar-refractivity contribution >= 4 is 17.3 Å². The number of amides is 1. The molecule has 32 heavy (non-hydrogen) atoms. The fourth-order valence-electron chi connectivity index (χ4n) is 3.73. The highest BCUT2D eigenvalue weighted by atomic mass is 19.1. The molecule has 8 heteroatoms. The van der Waals surface area contributed by atoms with Gasteiger partial charge in [0.15, 0.2) is 0 Å². The first-order valence-corrected chi connectivity index (χ1v) is 10.1. The molecule has 3 aromatic carbocycles. The Morgan fingerprint density at radius 1 is 1.06 bits per heavy atom. The van der Waals surface area contributed by atoms with Crippen LogP contribution in [0.4, 0.5) is 10.1 Å². The molecule has 1 heterocycles. The van der Waals surface area contributed by atoms with Gasteiger partial charge < -0.3 is 0 Å². The van der Waals surface area contributed by atoms with Crippen molar-refractivity contribution in [2.45, 2.75) is 19.6 Å². The van der Waals surface area contributed by atoms with Gasteiger partial charge in [-0.3, -0.25) is 19.8 Å². The summed E-state index contributed by atoms with van der Waals surface area (Å²) >= 11 is 0. The van der Waals surface area contributed by atoms with Crippen LogP contribution in [0.25, 0.3) is 0 Å². The van der Waals surface area contributed by atoms with Crippen LogP contribution in [0.5, 0.6) is 0 Å². The third-order valence-electron chi connectivity index (χ3n) is 5.32. The number of hydrazone groups is 1. The van der Waals surface area contributed by atoms with Gasteiger partial charge in [-0.15, -0.1) is 0 Å². The summed E-state index contributed by atoms with van der Waals surface area (Å²) in [5.41, 5.74) is 2.99. The van der Waals surface area contributed by atoms with Crippen molar-refractivity contribution in [2.75, 3.05) is 6.54 Å². The Bertz CT molecular complexity index is 1150. The van der Waals surface area contributed by atoms with E-state index in [1.165, 1.54) is 29.3 Å². The normalized spacial score (nSPS) is 17.1. The lowest BCUT2D eigenvalue weighted by atomic mass is 10.1. The second kappa shape index (κ2) is 9.07. The van der Waals surface area contributed by atoms with Crippen LogP contribution >= 0.6 is 0 Å². The van der Waals surface area contributed by atoms with Crippen molar-refractivity contribution in [1.29, 1.82) is 0 Å². The molecule has 7 nitrogen and oxygen atoms in total. The predicted molar refractivity (Wildman–Crippen MR) is 118 cm³/mol. The lowest BCUT2D eigenvalue weighted by molar-refractivity contribution is -0.384. The number of nitrogens with zero attached hydrogens (tertiary/aromatic N) is 4. The summed E-state index contributed by atoms with van der Waals surface area (Å²) in [7, 11) is 0. The largest absolute Gasteiger partial charge is 0.271 e. The quantitative estimate of drug-likeness (QED) is 0.326. The van der Waals surface area contributed by atoms with Gasteiger partial charge in [0.05, 0.1) is 17.2 Å². The highest BCUT2D eigenvalue weighted by molar-refractivity contribution is 5.99. The second-order valence-corrected chi connectivity index (χ2v) is 7.54. The number of nitro groups is 1. The van der Waals surface area contributed by atoms with E-state index in [0.717, 1.165) is 11.1 Å². The summed E-state index contributed by atoms with van der Waals surface area (Å²) in [4.78, 5) is 25.4. The SMILES string of the molecule is C/C(=N/N1C(=O)CN(Cc2ccccc2)[C@H]1c1ccc(F)cc1)c1ccc([N+](=O)[O-])cc1. The third-order valence-corrected chi connectivity index (χ3v) is 5.32. The number of rotatable bonds is 6. The molecule has 0 bridgehead atoms. The van der Waals surface area contributed by atoms with Gasteiger partial charge in [-0.1, -0.05) is 42.5 Å². The van der Waals surface area contributed by atoms with E-state index < -0.39 is 11.1 Å². The van der Waals surface area contributed by atoms with E-state index in [9.17, 15) is 19.3 Å². The van der Waals surface area contributed by atoms with Crippen LogP contribution in [0.2, 0.25) is 0 Å². The van der Waals surface area contributed by atoms with Crippen molar-refractivity contribution < 1.29 is 14.1 Å². The zero-order chi connectivity index (χ0) is 22.7. The smallest absolute Gasteiger partial charge is 0.269 e. The number of nitro benzene ring substituents is 1. The molecule has 1 fully saturated rings. The molecule has 1 atom stereocenters. The van der Waals surface area contributed by atoms with Gasteiger partial charge in [0.1, 0.15) is 12.0 Å². The number of halogens is 1. The molecule has 0 spiro atoms. The standard InChI is InChI=1S/C24H21FN4O3/c1-17(19-9-13-22(14-10-19)29(31)32)26-28-23(30)16-27(15-18-5-3-2-4-6-18)24(28)20-7-11-21(25)12-8-20/h2-14,24H,15-16H2,1H3/b26-17-/t24-/m1/s1. The molecule has 162 valence electrons. The lowest BCUT2D eigenvalue weighted by Crippen LogP contribution is -2.29. The summed E-state index contributed by atoms with van der Waals surface area (Å²) in [5.74, 6) is -0.540. The van der Waals surface area contributed by atoms with Gasteiger partial charge in [0.2, 0.25) is 0 Å². The fraction of sp³-hybridized carbons (Fsp3) is 0.167. The molecule has 0 aromatic heterocycles. The van der Waals surface area contributed by atoms with Crippen LogP contribution < -0.4 is 0 Å². The number of benzene rings is 3. The maximum atomic E-state index is 13.5. The first-order chi connectivity index (χ1) is 15.4. The molecule has 0 N–H and O–H groups in total. The topological polar surface area (TPSA) is 79.0 Å². The third kappa shape index (κ3) is 4.55. The molecule has 1 saturated heterocycles. The van der Waals surface area contributed by atoms with E-state index in [1.807, 2.05) is 35.2 Å². The molecule has 4 rings (SSSR count). The molecule has 0 aliphatic carbocycles. The van der Waals surface area contributed by atoms with Crippen LogP contribution in [0.3, 0.4) is 0 Å². The van der Waals surface area contributed by atoms with Crippen molar-refractivity contribution in [3.63, 3.8) is 0 Å². The molecule has 1 aliphatic rings. The summed E-state index contributed by atoms with van der Waals surface area (Å²) in [6.07, 6.45) is -0.503. The summed E-state index contributed by atoms with van der Waals surface area (Å²) < 4.78 is 13.5. The van der Waals surface area contributed by atoms with E-state index >= 15 is 0 Å². The molecule has 0 unspecified atom stereocenters. The maximum absolute atomic E-state index is 13.5. The molecule has 1 amide bonds. The number of carbonyl (C=O) groups excluding carboxylic acids is 1.